The molecule has 1 aliphatic rings. The number of benzene rings is 1. The van der Waals surface area contributed by atoms with E-state index in [0.29, 0.717) is 6.61 Å². The molecule has 7 heteroatoms. The fraction of sp³-hybridized carbons (Fsp3) is 0.409. The van der Waals surface area contributed by atoms with Crippen LogP contribution in [0.5, 0.6) is 5.75 Å². The molecule has 1 aliphatic heterocycles. The number of fused-ring (bicyclic) bond motifs is 1. The molecule has 2 aromatic rings. The molecule has 0 radical (unpaired) electrons. The van der Waals surface area contributed by atoms with E-state index in [1.807, 2.05) is 58.3 Å². The molecule has 0 spiro atoms. The highest BCUT2D eigenvalue weighted by molar-refractivity contribution is 5.91. The first-order valence-electron chi connectivity index (χ1n) is 9.21. The predicted octanol–water partition coefficient (Wildman–Crippen LogP) is 4.18. The van der Waals surface area contributed by atoms with Gasteiger partial charge in [-0.2, -0.15) is 0 Å². The summed E-state index contributed by atoms with van der Waals surface area (Å²) in [5.41, 5.74) is 1.69. The lowest BCUT2D eigenvalue weighted by atomic mass is 10.2. The quantitative estimate of drug-likeness (QED) is 0.584. The number of likely N-dealkylation sites (N-methyl/N-ethyl adjacent to an activating group) is 1. The molecule has 2 N–H and O–H groups in total. The van der Waals surface area contributed by atoms with Gasteiger partial charge in [-0.25, -0.2) is 9.78 Å². The highest BCUT2D eigenvalue weighted by Gasteiger charge is 2.23. The van der Waals surface area contributed by atoms with E-state index in [-0.39, 0.29) is 12.4 Å². The number of methoxy groups -OCH3 is 1. The Morgan fingerprint density at radius 1 is 1.28 bits per heavy atom. The van der Waals surface area contributed by atoms with Crippen LogP contribution in [0, 0.1) is 0 Å². The molecule has 0 atom stereocenters. The summed E-state index contributed by atoms with van der Waals surface area (Å²) in [6, 6.07) is 7.85. The second-order valence-corrected chi connectivity index (χ2v) is 6.27. The summed E-state index contributed by atoms with van der Waals surface area (Å²) in [6.45, 7) is 15.1. The number of aromatic nitrogens is 1. The Bertz CT molecular complexity index is 700. The van der Waals surface area contributed by atoms with E-state index in [1.54, 1.807) is 13.3 Å². The number of nitrogens with one attached hydrogen (secondary N) is 2. The van der Waals surface area contributed by atoms with Crippen LogP contribution in [-0.2, 0) is 14.5 Å². The first kappa shape index (κ1) is 26.6. The second kappa shape index (κ2) is 15.5. The highest BCUT2D eigenvalue weighted by Crippen LogP contribution is 2.26. The second-order valence-electron chi connectivity index (χ2n) is 6.27. The van der Waals surface area contributed by atoms with Gasteiger partial charge in [0.05, 0.1) is 24.9 Å². The molecule has 7 nitrogen and oxygen atoms in total. The highest BCUT2D eigenvalue weighted by atomic mass is 17.2. The average molecular weight is 406 g/mol. The first-order chi connectivity index (χ1) is 14.0. The summed E-state index contributed by atoms with van der Waals surface area (Å²) in [5, 5.41) is 7.08. The van der Waals surface area contributed by atoms with Crippen molar-refractivity contribution in [3.63, 3.8) is 0 Å². The lowest BCUT2D eigenvalue weighted by molar-refractivity contribution is -0.428. The van der Waals surface area contributed by atoms with Gasteiger partial charge in [0.25, 0.3) is 0 Å². The molecule has 1 aromatic carbocycles. The van der Waals surface area contributed by atoms with Crippen molar-refractivity contribution in [3.05, 3.63) is 56.3 Å². The maximum atomic E-state index is 5.20. The van der Waals surface area contributed by atoms with Gasteiger partial charge in [0, 0.05) is 31.2 Å². The normalized spacial score (nSPS) is 14.0. The third-order valence-corrected chi connectivity index (χ3v) is 3.40. The minimum absolute atomic E-state index is 0.253. The molecule has 162 valence electrons. The Labute approximate surface area is 174 Å². The number of pyridine rings is 1. The number of hydrogen-bond donors (Lipinski definition) is 2. The fourth-order valence-corrected chi connectivity index (χ4v) is 2.15. The molecule has 1 saturated heterocycles. The van der Waals surface area contributed by atoms with Crippen LogP contribution < -0.4 is 15.4 Å². The van der Waals surface area contributed by atoms with Crippen molar-refractivity contribution in [3.8, 4) is 5.75 Å². The number of nitrogens with zero attached hydrogens (tertiary/aromatic N) is 1. The standard InChI is InChI=1S/C11H12N2O.C5H10O3.C4H9N.C2H4/c1-12-10-7-9(14-2)6-8-4-3-5-13-11(8)10;1-5(2)3-6-4-7-8-5;1-3-4-5-2;1-2/h3-7,12H,1-2H3;3-4H2,1-2H3;3,5H,1,4H2,2H3;1-2H2. The van der Waals surface area contributed by atoms with Gasteiger partial charge in [-0.1, -0.05) is 12.1 Å². The third kappa shape index (κ3) is 10.6. The van der Waals surface area contributed by atoms with Gasteiger partial charge in [-0.15, -0.1) is 19.7 Å². The third-order valence-electron chi connectivity index (χ3n) is 3.40. The Morgan fingerprint density at radius 2 is 2.00 bits per heavy atom. The van der Waals surface area contributed by atoms with Crippen LogP contribution in [0.25, 0.3) is 10.9 Å². The summed E-state index contributed by atoms with van der Waals surface area (Å²) < 4.78 is 10.1. The zero-order valence-electron chi connectivity index (χ0n) is 18.3. The number of anilines is 1. The zero-order valence-corrected chi connectivity index (χ0v) is 18.3. The molecule has 2 heterocycles. The molecular formula is C22H35N3O4. The van der Waals surface area contributed by atoms with Crippen LogP contribution in [0.4, 0.5) is 5.69 Å². The summed E-state index contributed by atoms with van der Waals surface area (Å²) in [6.07, 6.45) is 3.61. The smallest absolute Gasteiger partial charge is 0.180 e. The lowest BCUT2D eigenvalue weighted by Crippen LogP contribution is -2.35. The van der Waals surface area contributed by atoms with Crippen LogP contribution in [0.15, 0.2) is 56.3 Å². The Morgan fingerprint density at radius 3 is 2.41 bits per heavy atom. The Balaban J connectivity index is 0.000000444. The first-order valence-corrected chi connectivity index (χ1v) is 9.21. The van der Waals surface area contributed by atoms with Crippen molar-refractivity contribution in [2.24, 2.45) is 0 Å². The minimum Gasteiger partial charge on any atom is -0.497 e. The molecule has 1 fully saturated rings. The molecular weight excluding hydrogens is 370 g/mol. The van der Waals surface area contributed by atoms with E-state index in [9.17, 15) is 0 Å². The average Bonchev–Trinajstić information content (AvgIpc) is 2.75. The number of hydrogen-bond acceptors (Lipinski definition) is 7. The molecule has 1 aromatic heterocycles. The van der Waals surface area contributed by atoms with E-state index >= 15 is 0 Å². The van der Waals surface area contributed by atoms with E-state index in [1.165, 1.54) is 0 Å². The summed E-state index contributed by atoms with van der Waals surface area (Å²) >= 11 is 0. The van der Waals surface area contributed by atoms with Crippen LogP contribution in [0.3, 0.4) is 0 Å². The lowest BCUT2D eigenvalue weighted by Gasteiger charge is -2.27. The van der Waals surface area contributed by atoms with Gasteiger partial charge in [0.15, 0.2) is 6.79 Å². The van der Waals surface area contributed by atoms with Gasteiger partial charge in [0.1, 0.15) is 11.4 Å². The van der Waals surface area contributed by atoms with Crippen molar-refractivity contribution >= 4 is 16.6 Å². The van der Waals surface area contributed by atoms with Crippen molar-refractivity contribution in [2.75, 3.05) is 46.5 Å². The maximum Gasteiger partial charge on any atom is 0.180 e. The van der Waals surface area contributed by atoms with E-state index in [2.05, 4.69) is 40.2 Å². The van der Waals surface area contributed by atoms with Crippen molar-refractivity contribution in [2.45, 2.75) is 19.4 Å². The van der Waals surface area contributed by atoms with Crippen molar-refractivity contribution in [1.29, 1.82) is 0 Å². The minimum atomic E-state index is -0.266. The Hall–Kier alpha value is -2.45. The van der Waals surface area contributed by atoms with Gasteiger partial charge in [-0.05, 0) is 33.0 Å². The molecule has 29 heavy (non-hydrogen) atoms. The van der Waals surface area contributed by atoms with Gasteiger partial charge < -0.3 is 20.1 Å². The molecule has 3 rings (SSSR count). The summed E-state index contributed by atoms with van der Waals surface area (Å²) in [5.74, 6) is 0.842. The number of ether oxygens (including phenoxy) is 2. The monoisotopic (exact) mass is 405 g/mol. The zero-order chi connectivity index (χ0) is 22.1. The fourth-order valence-electron chi connectivity index (χ4n) is 2.15. The number of rotatable bonds is 4. The predicted molar refractivity (Wildman–Crippen MR) is 120 cm³/mol. The van der Waals surface area contributed by atoms with Crippen LogP contribution in [0.2, 0.25) is 0 Å². The summed E-state index contributed by atoms with van der Waals surface area (Å²) in [7, 11) is 5.43. The van der Waals surface area contributed by atoms with Crippen LogP contribution >= 0.6 is 0 Å². The molecule has 0 amide bonds. The maximum absolute atomic E-state index is 5.20. The van der Waals surface area contributed by atoms with Crippen molar-refractivity contribution < 1.29 is 19.2 Å². The van der Waals surface area contributed by atoms with E-state index in [4.69, 9.17) is 14.4 Å². The van der Waals surface area contributed by atoms with Gasteiger partial charge >= 0.3 is 0 Å². The van der Waals surface area contributed by atoms with Gasteiger partial charge in [0.2, 0.25) is 0 Å². The Kier molecular flexibility index (Phi) is 14.2. The molecule has 0 bridgehead atoms. The largest absolute Gasteiger partial charge is 0.497 e. The van der Waals surface area contributed by atoms with Crippen LogP contribution in [0.1, 0.15) is 13.8 Å². The summed E-state index contributed by atoms with van der Waals surface area (Å²) in [4.78, 5) is 13.7. The molecule has 0 saturated carbocycles. The van der Waals surface area contributed by atoms with Crippen molar-refractivity contribution in [1.82, 2.24) is 10.3 Å². The van der Waals surface area contributed by atoms with Crippen LogP contribution in [-0.4, -0.2) is 51.7 Å². The van der Waals surface area contributed by atoms with Gasteiger partial charge in [-0.3, -0.25) is 4.98 Å². The topological polar surface area (TPSA) is 73.9 Å². The molecule has 0 aliphatic carbocycles. The SMILES string of the molecule is C=C.C=CCNC.CC1(C)COCOO1.CNc1cc(OC)cc2cccnc12. The van der Waals surface area contributed by atoms with E-state index < -0.39 is 0 Å². The van der Waals surface area contributed by atoms with E-state index in [0.717, 1.165) is 28.9 Å². The molecule has 0 unspecified atom stereocenters.